The second-order valence-corrected chi connectivity index (χ2v) is 8.99. The Morgan fingerprint density at radius 3 is 1.93 bits per heavy atom. The second kappa shape index (κ2) is 6.54. The highest BCUT2D eigenvalue weighted by Crippen LogP contribution is 2.60. The predicted octanol–water partition coefficient (Wildman–Crippen LogP) is 5.76. The van der Waals surface area contributed by atoms with E-state index in [1.807, 2.05) is 12.1 Å². The molecule has 0 spiro atoms. The van der Waals surface area contributed by atoms with Gasteiger partial charge in [-0.05, 0) is 85.5 Å². The number of nitrogens with zero attached hydrogens (tertiary/aromatic N) is 2. The average molecular weight is 394 g/mol. The van der Waals surface area contributed by atoms with E-state index in [2.05, 4.69) is 12.1 Å². The van der Waals surface area contributed by atoms with Gasteiger partial charge in [0.1, 0.15) is 5.75 Å². The highest BCUT2D eigenvalue weighted by atomic mass is 16.6. The van der Waals surface area contributed by atoms with Crippen LogP contribution in [0.4, 0.5) is 11.4 Å². The van der Waals surface area contributed by atoms with Gasteiger partial charge in [-0.3, -0.25) is 20.2 Å². The summed E-state index contributed by atoms with van der Waals surface area (Å²) in [4.78, 5) is 20.9. The van der Waals surface area contributed by atoms with E-state index in [9.17, 15) is 20.2 Å². The summed E-state index contributed by atoms with van der Waals surface area (Å²) in [6.07, 6.45) is 7.99. The van der Waals surface area contributed by atoms with E-state index in [1.54, 1.807) is 0 Å². The zero-order chi connectivity index (χ0) is 20.2. The van der Waals surface area contributed by atoms with Crippen molar-refractivity contribution in [1.82, 2.24) is 0 Å². The van der Waals surface area contributed by atoms with Crippen molar-refractivity contribution in [3.8, 4) is 11.5 Å². The predicted molar refractivity (Wildman–Crippen MR) is 106 cm³/mol. The van der Waals surface area contributed by atoms with Crippen LogP contribution in [0.25, 0.3) is 0 Å². The highest BCUT2D eigenvalue weighted by Gasteiger charge is 2.51. The number of hydrogen-bond acceptors (Lipinski definition) is 5. The molecule has 0 unspecified atom stereocenters. The largest absolute Gasteiger partial charge is 0.450 e. The molecule has 150 valence electrons. The van der Waals surface area contributed by atoms with E-state index in [0.29, 0.717) is 5.75 Å². The third-order valence-corrected chi connectivity index (χ3v) is 7.08. The van der Waals surface area contributed by atoms with Gasteiger partial charge in [-0.15, -0.1) is 0 Å². The van der Waals surface area contributed by atoms with Crippen LogP contribution < -0.4 is 4.74 Å². The Bertz CT molecular complexity index is 950. The van der Waals surface area contributed by atoms with Crippen molar-refractivity contribution in [2.45, 2.75) is 43.9 Å². The Morgan fingerprint density at radius 1 is 0.828 bits per heavy atom. The molecule has 4 aliphatic carbocycles. The second-order valence-electron chi connectivity index (χ2n) is 8.99. The molecule has 0 N–H and O–H groups in total. The van der Waals surface area contributed by atoms with Crippen LogP contribution in [-0.2, 0) is 5.41 Å². The molecular weight excluding hydrogens is 372 g/mol. The normalized spacial score (nSPS) is 29.6. The molecule has 0 aromatic heterocycles. The molecule has 0 saturated heterocycles. The lowest BCUT2D eigenvalue weighted by atomic mass is 9.48. The number of non-ortho nitro benzene ring substituents is 1. The summed E-state index contributed by atoms with van der Waals surface area (Å²) in [5, 5.41) is 22.2. The minimum absolute atomic E-state index is 0.00292. The van der Waals surface area contributed by atoms with Gasteiger partial charge in [0.05, 0.1) is 15.9 Å². The quantitative estimate of drug-likeness (QED) is 0.474. The van der Waals surface area contributed by atoms with Gasteiger partial charge in [-0.2, -0.15) is 0 Å². The Kier molecular flexibility index (Phi) is 4.08. The van der Waals surface area contributed by atoms with Gasteiger partial charge in [0.25, 0.3) is 5.69 Å². The molecule has 4 fully saturated rings. The minimum Gasteiger partial charge on any atom is -0.450 e. The SMILES string of the molecule is O=[N+]([O-])c1ccc(Oc2ccc(C34CC5CC(CC(C5)C3)C4)cc2)c([N+](=O)[O-])c1. The van der Waals surface area contributed by atoms with E-state index in [4.69, 9.17) is 4.74 Å². The van der Waals surface area contributed by atoms with E-state index >= 15 is 0 Å². The maximum atomic E-state index is 11.3. The van der Waals surface area contributed by atoms with E-state index in [0.717, 1.165) is 23.8 Å². The van der Waals surface area contributed by atoms with Crippen LogP contribution in [-0.4, -0.2) is 9.85 Å². The van der Waals surface area contributed by atoms with Gasteiger partial charge in [-0.1, -0.05) is 12.1 Å². The highest BCUT2D eigenvalue weighted by molar-refractivity contribution is 5.55. The van der Waals surface area contributed by atoms with Crippen LogP contribution in [0, 0.1) is 38.0 Å². The van der Waals surface area contributed by atoms with Crippen LogP contribution in [0.3, 0.4) is 0 Å². The van der Waals surface area contributed by atoms with Gasteiger partial charge >= 0.3 is 5.69 Å². The molecule has 0 radical (unpaired) electrons. The van der Waals surface area contributed by atoms with Crippen molar-refractivity contribution in [1.29, 1.82) is 0 Å². The fourth-order valence-corrected chi connectivity index (χ4v) is 6.32. The van der Waals surface area contributed by atoms with Gasteiger partial charge in [0.2, 0.25) is 5.75 Å². The lowest BCUT2D eigenvalue weighted by Gasteiger charge is -2.57. The summed E-state index contributed by atoms with van der Waals surface area (Å²) in [6.45, 7) is 0. The number of hydrogen-bond donors (Lipinski definition) is 0. The first-order chi connectivity index (χ1) is 13.9. The van der Waals surface area contributed by atoms with E-state index < -0.39 is 15.5 Å². The van der Waals surface area contributed by atoms with E-state index in [-0.39, 0.29) is 16.9 Å². The molecule has 7 heteroatoms. The van der Waals surface area contributed by atoms with Gasteiger partial charge < -0.3 is 4.74 Å². The molecule has 7 nitrogen and oxygen atoms in total. The van der Waals surface area contributed by atoms with Crippen molar-refractivity contribution in [3.63, 3.8) is 0 Å². The molecular formula is C22H22N2O5. The molecule has 4 bridgehead atoms. The lowest BCUT2D eigenvalue weighted by molar-refractivity contribution is -0.394. The van der Waals surface area contributed by atoms with Crippen molar-refractivity contribution < 1.29 is 14.6 Å². The van der Waals surface area contributed by atoms with E-state index in [1.165, 1.54) is 56.2 Å². The number of nitro benzene ring substituents is 2. The fraction of sp³-hybridized carbons (Fsp3) is 0.455. The zero-order valence-electron chi connectivity index (χ0n) is 16.0. The van der Waals surface area contributed by atoms with Crippen molar-refractivity contribution in [3.05, 3.63) is 68.3 Å². The first-order valence-electron chi connectivity index (χ1n) is 10.1. The molecule has 2 aromatic rings. The Morgan fingerprint density at radius 2 is 1.41 bits per heavy atom. The summed E-state index contributed by atoms with van der Waals surface area (Å²) in [5.74, 6) is 3.08. The van der Waals surface area contributed by atoms with Crippen LogP contribution in [0.15, 0.2) is 42.5 Å². The van der Waals surface area contributed by atoms with Crippen molar-refractivity contribution in [2.75, 3.05) is 0 Å². The third-order valence-electron chi connectivity index (χ3n) is 7.08. The number of rotatable bonds is 5. The Labute approximate surface area is 168 Å². The minimum atomic E-state index is -0.661. The van der Waals surface area contributed by atoms with Crippen molar-refractivity contribution >= 4 is 11.4 Å². The van der Waals surface area contributed by atoms with Crippen LogP contribution in [0.5, 0.6) is 11.5 Å². The monoisotopic (exact) mass is 394 g/mol. The number of ether oxygens (including phenoxy) is 1. The summed E-state index contributed by atoms with van der Waals surface area (Å²) in [7, 11) is 0. The molecule has 0 heterocycles. The Balaban J connectivity index is 1.39. The standard InChI is InChI=1S/C22H22N2O5/c25-23(26)18-3-6-21(20(10-18)24(27)28)29-19-4-1-17(2-5-19)22-11-14-7-15(12-22)9-16(8-14)13-22/h1-6,10,14-16H,7-9,11-13H2. The van der Waals surface area contributed by atoms with Crippen molar-refractivity contribution in [2.24, 2.45) is 17.8 Å². The summed E-state index contributed by atoms with van der Waals surface area (Å²) in [5.41, 5.74) is 0.889. The van der Waals surface area contributed by atoms with Gasteiger partial charge in [-0.25, -0.2) is 0 Å². The maximum Gasteiger partial charge on any atom is 0.318 e. The molecule has 0 atom stereocenters. The van der Waals surface area contributed by atoms with Crippen LogP contribution in [0.2, 0.25) is 0 Å². The first-order valence-corrected chi connectivity index (χ1v) is 10.1. The fourth-order valence-electron chi connectivity index (χ4n) is 6.32. The van der Waals surface area contributed by atoms with Crippen LogP contribution >= 0.6 is 0 Å². The Hall–Kier alpha value is -2.96. The molecule has 0 amide bonds. The molecule has 4 saturated carbocycles. The summed E-state index contributed by atoms with van der Waals surface area (Å²) in [6, 6.07) is 11.3. The topological polar surface area (TPSA) is 95.5 Å². The van der Waals surface area contributed by atoms with Gasteiger partial charge in [0, 0.05) is 6.07 Å². The molecule has 29 heavy (non-hydrogen) atoms. The smallest absolute Gasteiger partial charge is 0.318 e. The average Bonchev–Trinajstić information content (AvgIpc) is 2.67. The third kappa shape index (κ3) is 3.14. The molecule has 2 aromatic carbocycles. The lowest BCUT2D eigenvalue weighted by Crippen LogP contribution is -2.48. The summed E-state index contributed by atoms with van der Waals surface area (Å²) >= 11 is 0. The maximum absolute atomic E-state index is 11.3. The molecule has 6 rings (SSSR count). The number of nitro groups is 2. The molecule has 4 aliphatic rings. The van der Waals surface area contributed by atoms with Crippen LogP contribution in [0.1, 0.15) is 44.1 Å². The summed E-state index contributed by atoms with van der Waals surface area (Å²) < 4.78 is 5.72. The first kappa shape index (κ1) is 18.1. The van der Waals surface area contributed by atoms with Gasteiger partial charge in [0.15, 0.2) is 0 Å². The zero-order valence-corrected chi connectivity index (χ0v) is 16.0. The number of benzene rings is 2. The molecule has 0 aliphatic heterocycles.